The molecule has 0 fully saturated rings. The molecule has 0 radical (unpaired) electrons. The molecule has 3 N–H and O–H groups in total. The maximum Gasteiger partial charge on any atom is 0.127 e. The van der Waals surface area contributed by atoms with Crippen LogP contribution in [0.25, 0.3) is 0 Å². The van der Waals surface area contributed by atoms with Crippen molar-refractivity contribution in [2.45, 2.75) is 18.9 Å². The van der Waals surface area contributed by atoms with Gasteiger partial charge in [-0.05, 0) is 24.1 Å². The van der Waals surface area contributed by atoms with Gasteiger partial charge in [0.1, 0.15) is 17.2 Å². The van der Waals surface area contributed by atoms with Gasteiger partial charge in [-0.2, -0.15) is 0 Å². The van der Waals surface area contributed by atoms with Crippen LogP contribution in [0.2, 0.25) is 0 Å². The lowest BCUT2D eigenvalue weighted by Crippen LogP contribution is -2.29. The van der Waals surface area contributed by atoms with Gasteiger partial charge in [0.2, 0.25) is 0 Å². The molecule has 0 spiro atoms. The van der Waals surface area contributed by atoms with E-state index in [4.69, 9.17) is 10.2 Å². The van der Waals surface area contributed by atoms with Gasteiger partial charge in [0.15, 0.2) is 0 Å². The number of hydrogen-bond acceptors (Lipinski definition) is 3. The van der Waals surface area contributed by atoms with Crippen LogP contribution in [-0.4, -0.2) is 21.9 Å². The summed E-state index contributed by atoms with van der Waals surface area (Å²) >= 11 is 0. The van der Waals surface area contributed by atoms with E-state index in [1.165, 1.54) is 6.07 Å². The molecule has 1 rings (SSSR count). The van der Waals surface area contributed by atoms with Crippen molar-refractivity contribution in [1.82, 2.24) is 0 Å². The molecule has 14 heavy (non-hydrogen) atoms. The number of phenolic OH excluding ortho intramolecular Hbond substituents is 1. The third-order valence-electron chi connectivity index (χ3n) is 2.27. The van der Waals surface area contributed by atoms with E-state index in [2.05, 4.69) is 0 Å². The van der Waals surface area contributed by atoms with Gasteiger partial charge in [-0.1, -0.05) is 6.92 Å². The second kappa shape index (κ2) is 3.94. The topological polar surface area (TPSA) is 60.7 Å². The van der Waals surface area contributed by atoms with Crippen LogP contribution < -0.4 is 0 Å². The average molecular weight is 200 g/mol. The fourth-order valence-corrected chi connectivity index (χ4v) is 1.25. The number of halogens is 1. The second-order valence-electron chi connectivity index (χ2n) is 3.24. The Balaban J connectivity index is 3.17. The molecule has 0 saturated carbocycles. The minimum atomic E-state index is -1.49. The zero-order valence-corrected chi connectivity index (χ0v) is 7.87. The normalized spacial score (nSPS) is 15.1. The van der Waals surface area contributed by atoms with E-state index in [9.17, 15) is 9.50 Å². The molecule has 3 nitrogen and oxygen atoms in total. The average Bonchev–Trinajstić information content (AvgIpc) is 2.15. The summed E-state index contributed by atoms with van der Waals surface area (Å²) in [5.74, 6) is -0.902. The van der Waals surface area contributed by atoms with Crippen molar-refractivity contribution < 1.29 is 19.7 Å². The van der Waals surface area contributed by atoms with E-state index in [1.807, 2.05) is 0 Å². The van der Waals surface area contributed by atoms with Crippen molar-refractivity contribution in [3.63, 3.8) is 0 Å². The van der Waals surface area contributed by atoms with Crippen LogP contribution >= 0.6 is 0 Å². The van der Waals surface area contributed by atoms with Gasteiger partial charge in [0.05, 0.1) is 6.61 Å². The lowest BCUT2D eigenvalue weighted by molar-refractivity contribution is -0.0225. The summed E-state index contributed by atoms with van der Waals surface area (Å²) < 4.78 is 12.9. The SMILES string of the molecule is CCC(O)(CO)c1cc(O)cc(F)c1. The molecule has 0 aromatic heterocycles. The first-order chi connectivity index (χ1) is 6.51. The third-order valence-corrected chi connectivity index (χ3v) is 2.27. The van der Waals surface area contributed by atoms with Crippen LogP contribution in [0.3, 0.4) is 0 Å². The molecule has 0 bridgehead atoms. The van der Waals surface area contributed by atoms with Gasteiger partial charge in [0, 0.05) is 6.07 Å². The smallest absolute Gasteiger partial charge is 0.127 e. The fraction of sp³-hybridized carbons (Fsp3) is 0.400. The van der Waals surface area contributed by atoms with Gasteiger partial charge in [-0.15, -0.1) is 0 Å². The summed E-state index contributed by atoms with van der Waals surface area (Å²) in [6.07, 6.45) is 0.242. The first-order valence-corrected chi connectivity index (χ1v) is 4.35. The van der Waals surface area contributed by atoms with Crippen LogP contribution in [0.15, 0.2) is 18.2 Å². The Labute approximate surface area is 81.4 Å². The van der Waals surface area contributed by atoms with E-state index in [0.29, 0.717) is 0 Å². The van der Waals surface area contributed by atoms with Crippen molar-refractivity contribution >= 4 is 0 Å². The summed E-state index contributed by atoms with van der Waals surface area (Å²) in [5.41, 5.74) is -1.31. The molecule has 1 atom stereocenters. The highest BCUT2D eigenvalue weighted by molar-refractivity contribution is 5.32. The molecule has 0 saturated heterocycles. The fourth-order valence-electron chi connectivity index (χ4n) is 1.25. The van der Waals surface area contributed by atoms with Crippen LogP contribution in [0.4, 0.5) is 4.39 Å². The van der Waals surface area contributed by atoms with Crippen LogP contribution in [0.5, 0.6) is 5.75 Å². The molecule has 0 aliphatic rings. The molecule has 0 amide bonds. The number of rotatable bonds is 3. The first-order valence-electron chi connectivity index (χ1n) is 4.35. The van der Waals surface area contributed by atoms with E-state index in [-0.39, 0.29) is 17.7 Å². The van der Waals surface area contributed by atoms with E-state index >= 15 is 0 Å². The molecule has 1 aromatic carbocycles. The first kappa shape index (κ1) is 10.9. The maximum absolute atomic E-state index is 12.9. The Bertz CT molecular complexity index is 301. The number of hydrogen-bond donors (Lipinski definition) is 3. The van der Waals surface area contributed by atoms with Gasteiger partial charge < -0.3 is 15.3 Å². The summed E-state index contributed by atoms with van der Waals surface area (Å²) in [5, 5.41) is 27.9. The maximum atomic E-state index is 12.9. The largest absolute Gasteiger partial charge is 0.508 e. The van der Waals surface area contributed by atoms with Crippen molar-refractivity contribution in [3.8, 4) is 5.75 Å². The van der Waals surface area contributed by atoms with Gasteiger partial charge >= 0.3 is 0 Å². The predicted octanol–water partition coefficient (Wildman–Crippen LogP) is 1.12. The Morgan fingerprint density at radius 2 is 2.00 bits per heavy atom. The summed E-state index contributed by atoms with van der Waals surface area (Å²) in [6, 6.07) is 3.28. The molecule has 1 aromatic rings. The number of aliphatic hydroxyl groups excluding tert-OH is 1. The molecule has 1 unspecified atom stereocenters. The summed E-state index contributed by atoms with van der Waals surface area (Å²) in [4.78, 5) is 0. The molecule has 0 aliphatic heterocycles. The Morgan fingerprint density at radius 3 is 2.43 bits per heavy atom. The minimum Gasteiger partial charge on any atom is -0.508 e. The van der Waals surface area contributed by atoms with Crippen molar-refractivity contribution in [3.05, 3.63) is 29.6 Å². The minimum absolute atomic E-state index is 0.181. The molecule has 4 heteroatoms. The molecule has 78 valence electrons. The highest BCUT2D eigenvalue weighted by Crippen LogP contribution is 2.27. The summed E-state index contributed by atoms with van der Waals surface area (Å²) in [6.45, 7) is 1.16. The molecule has 0 aliphatic carbocycles. The Morgan fingerprint density at radius 1 is 1.36 bits per heavy atom. The van der Waals surface area contributed by atoms with Crippen LogP contribution in [-0.2, 0) is 5.60 Å². The van der Waals surface area contributed by atoms with Crippen molar-refractivity contribution in [2.24, 2.45) is 0 Å². The van der Waals surface area contributed by atoms with Gasteiger partial charge in [-0.3, -0.25) is 0 Å². The zero-order valence-electron chi connectivity index (χ0n) is 7.87. The lowest BCUT2D eigenvalue weighted by atomic mass is 9.92. The molecular weight excluding hydrogens is 187 g/mol. The summed E-state index contributed by atoms with van der Waals surface area (Å²) in [7, 11) is 0. The number of aliphatic hydroxyl groups is 2. The number of benzene rings is 1. The predicted molar refractivity (Wildman–Crippen MR) is 49.3 cm³/mol. The van der Waals surface area contributed by atoms with Crippen LogP contribution in [0, 0.1) is 5.82 Å². The number of aromatic hydroxyl groups is 1. The zero-order chi connectivity index (χ0) is 10.8. The second-order valence-corrected chi connectivity index (χ2v) is 3.24. The van der Waals surface area contributed by atoms with E-state index in [0.717, 1.165) is 12.1 Å². The van der Waals surface area contributed by atoms with E-state index < -0.39 is 18.0 Å². The van der Waals surface area contributed by atoms with Gasteiger partial charge in [-0.25, -0.2) is 4.39 Å². The number of phenols is 1. The molecule has 0 heterocycles. The Hall–Kier alpha value is -1.13. The van der Waals surface area contributed by atoms with Crippen molar-refractivity contribution in [2.75, 3.05) is 6.61 Å². The van der Waals surface area contributed by atoms with Gasteiger partial charge in [0.25, 0.3) is 0 Å². The lowest BCUT2D eigenvalue weighted by Gasteiger charge is -2.24. The highest BCUT2D eigenvalue weighted by atomic mass is 19.1. The van der Waals surface area contributed by atoms with Crippen molar-refractivity contribution in [1.29, 1.82) is 0 Å². The quantitative estimate of drug-likeness (QED) is 0.685. The highest BCUT2D eigenvalue weighted by Gasteiger charge is 2.27. The Kier molecular flexibility index (Phi) is 3.08. The molecular formula is C10H13FO3. The van der Waals surface area contributed by atoms with E-state index in [1.54, 1.807) is 6.92 Å². The third kappa shape index (κ3) is 2.02. The monoisotopic (exact) mass is 200 g/mol. The standard InChI is InChI=1S/C10H13FO3/c1-2-10(14,6-12)7-3-8(11)5-9(13)4-7/h3-5,12-14H,2,6H2,1H3. The van der Waals surface area contributed by atoms with Crippen LogP contribution in [0.1, 0.15) is 18.9 Å².